The molecule has 0 saturated carbocycles. The predicted molar refractivity (Wildman–Crippen MR) is 51.3 cm³/mol. The van der Waals surface area contributed by atoms with Gasteiger partial charge in [0.15, 0.2) is 0 Å². The van der Waals surface area contributed by atoms with Gasteiger partial charge in [-0.15, -0.1) is 11.6 Å². The van der Waals surface area contributed by atoms with E-state index in [-0.39, 0.29) is 12.3 Å². The first kappa shape index (κ1) is 12.2. The molecular formula is C8H15ClN2O2. The number of amides is 2. The molecule has 1 unspecified atom stereocenters. The van der Waals surface area contributed by atoms with Crippen molar-refractivity contribution >= 4 is 23.4 Å². The Kier molecular flexibility index (Phi) is 4.20. The average Bonchev–Trinajstić information content (AvgIpc) is 1.81. The van der Waals surface area contributed by atoms with Gasteiger partial charge in [-0.1, -0.05) is 0 Å². The van der Waals surface area contributed by atoms with Gasteiger partial charge in [-0.2, -0.15) is 0 Å². The van der Waals surface area contributed by atoms with Crippen molar-refractivity contribution < 1.29 is 9.59 Å². The number of hydrogen-bond acceptors (Lipinski definition) is 2. The monoisotopic (exact) mass is 206 g/mol. The number of rotatable bonds is 4. The molecule has 0 heterocycles. The van der Waals surface area contributed by atoms with Crippen LogP contribution in [0.5, 0.6) is 0 Å². The summed E-state index contributed by atoms with van der Waals surface area (Å²) < 4.78 is 0. The van der Waals surface area contributed by atoms with Crippen molar-refractivity contribution in [3.05, 3.63) is 0 Å². The van der Waals surface area contributed by atoms with Crippen molar-refractivity contribution in [1.82, 2.24) is 5.32 Å². The number of alkyl halides is 1. The van der Waals surface area contributed by atoms with Crippen LogP contribution < -0.4 is 11.1 Å². The molecule has 0 aliphatic heterocycles. The third kappa shape index (κ3) is 5.47. The maximum atomic E-state index is 11.1. The minimum Gasteiger partial charge on any atom is -0.370 e. The van der Waals surface area contributed by atoms with Gasteiger partial charge in [-0.25, -0.2) is 0 Å². The van der Waals surface area contributed by atoms with Gasteiger partial charge >= 0.3 is 0 Å². The minimum atomic E-state index is -0.633. The lowest BCUT2D eigenvalue weighted by Gasteiger charge is -2.25. The zero-order valence-electron chi connectivity index (χ0n) is 8.06. The lowest BCUT2D eigenvalue weighted by molar-refractivity contribution is -0.123. The van der Waals surface area contributed by atoms with Gasteiger partial charge in [-0.05, 0) is 20.8 Å². The molecule has 0 fully saturated rings. The number of nitrogens with two attached hydrogens (primary N) is 1. The van der Waals surface area contributed by atoms with E-state index in [4.69, 9.17) is 17.3 Å². The Hall–Kier alpha value is -0.770. The molecule has 0 aliphatic rings. The molecule has 76 valence electrons. The molecular weight excluding hydrogens is 192 g/mol. The van der Waals surface area contributed by atoms with Crippen molar-refractivity contribution in [3.8, 4) is 0 Å². The van der Waals surface area contributed by atoms with Crippen LogP contribution in [0.2, 0.25) is 0 Å². The van der Waals surface area contributed by atoms with E-state index in [1.807, 2.05) is 0 Å². The molecule has 0 spiro atoms. The highest BCUT2D eigenvalue weighted by Gasteiger charge is 2.24. The Morgan fingerprint density at radius 3 is 2.31 bits per heavy atom. The molecule has 1 atom stereocenters. The quantitative estimate of drug-likeness (QED) is 0.653. The second-order valence-corrected chi connectivity index (χ2v) is 4.29. The summed E-state index contributed by atoms with van der Waals surface area (Å²) in [7, 11) is 0. The fourth-order valence-corrected chi connectivity index (χ4v) is 0.967. The highest BCUT2D eigenvalue weighted by Crippen LogP contribution is 2.08. The first-order valence-corrected chi connectivity index (χ1v) is 4.42. The van der Waals surface area contributed by atoms with Gasteiger partial charge in [0.1, 0.15) is 5.38 Å². The van der Waals surface area contributed by atoms with Crippen LogP contribution in [0.3, 0.4) is 0 Å². The predicted octanol–water partition coefficient (Wildman–Crippen LogP) is 0.384. The lowest BCUT2D eigenvalue weighted by Crippen LogP contribution is -2.48. The lowest BCUT2D eigenvalue weighted by atomic mass is 10.0. The van der Waals surface area contributed by atoms with Crippen molar-refractivity contribution in [3.63, 3.8) is 0 Å². The second-order valence-electron chi connectivity index (χ2n) is 3.63. The first-order valence-electron chi connectivity index (χ1n) is 3.99. The summed E-state index contributed by atoms with van der Waals surface area (Å²) in [6, 6.07) is 0. The van der Waals surface area contributed by atoms with Crippen LogP contribution in [-0.4, -0.2) is 22.7 Å². The zero-order chi connectivity index (χ0) is 10.6. The van der Waals surface area contributed by atoms with Crippen LogP contribution in [0.15, 0.2) is 0 Å². The third-order valence-corrected chi connectivity index (χ3v) is 1.64. The van der Waals surface area contributed by atoms with E-state index >= 15 is 0 Å². The van der Waals surface area contributed by atoms with Crippen LogP contribution >= 0.6 is 11.6 Å². The van der Waals surface area contributed by atoms with Gasteiger partial charge in [0.2, 0.25) is 11.8 Å². The third-order valence-electron chi connectivity index (χ3n) is 1.44. The molecule has 0 aromatic heterocycles. The van der Waals surface area contributed by atoms with Crippen molar-refractivity contribution in [2.45, 2.75) is 38.1 Å². The molecule has 0 aliphatic carbocycles. The summed E-state index contributed by atoms with van der Waals surface area (Å²) in [6.45, 7) is 5.00. The van der Waals surface area contributed by atoms with Crippen LogP contribution in [0.1, 0.15) is 27.2 Å². The van der Waals surface area contributed by atoms with Crippen LogP contribution in [-0.2, 0) is 9.59 Å². The molecule has 0 bridgehead atoms. The molecule has 0 aromatic carbocycles. The number of nitrogens with one attached hydrogen (secondary N) is 1. The van der Waals surface area contributed by atoms with E-state index in [1.165, 1.54) is 0 Å². The van der Waals surface area contributed by atoms with E-state index in [0.29, 0.717) is 0 Å². The molecule has 0 rings (SSSR count). The number of hydrogen-bond donors (Lipinski definition) is 2. The summed E-state index contributed by atoms with van der Waals surface area (Å²) in [6.07, 6.45) is 0.0996. The molecule has 3 N–H and O–H groups in total. The van der Waals surface area contributed by atoms with Crippen molar-refractivity contribution in [2.24, 2.45) is 5.73 Å². The Morgan fingerprint density at radius 1 is 1.54 bits per heavy atom. The summed E-state index contributed by atoms with van der Waals surface area (Å²) in [5, 5.41) is 2.01. The van der Waals surface area contributed by atoms with Gasteiger partial charge in [0.25, 0.3) is 0 Å². The second kappa shape index (κ2) is 4.46. The summed E-state index contributed by atoms with van der Waals surface area (Å²) >= 11 is 5.54. The zero-order valence-corrected chi connectivity index (χ0v) is 8.81. The normalized spacial score (nSPS) is 13.5. The molecule has 0 saturated heterocycles. The van der Waals surface area contributed by atoms with Gasteiger partial charge < -0.3 is 11.1 Å². The van der Waals surface area contributed by atoms with Crippen LogP contribution in [0, 0.1) is 0 Å². The first-order chi connectivity index (χ1) is 5.74. The fraction of sp³-hybridized carbons (Fsp3) is 0.750. The summed E-state index contributed by atoms with van der Waals surface area (Å²) in [5.74, 6) is -0.750. The standard InChI is InChI=1S/C8H15ClN2O2/c1-5(9)7(13)11-8(2,3)4-6(10)12/h5H,4H2,1-3H3,(H2,10,12)(H,11,13). The van der Waals surface area contributed by atoms with Gasteiger partial charge in [0.05, 0.1) is 0 Å². The van der Waals surface area contributed by atoms with E-state index < -0.39 is 16.8 Å². The Morgan fingerprint density at radius 2 is 2.00 bits per heavy atom. The molecule has 0 radical (unpaired) electrons. The van der Waals surface area contributed by atoms with Crippen LogP contribution in [0.4, 0.5) is 0 Å². The van der Waals surface area contributed by atoms with E-state index in [0.717, 1.165) is 0 Å². The Bertz CT molecular complexity index is 214. The topological polar surface area (TPSA) is 72.2 Å². The van der Waals surface area contributed by atoms with Gasteiger partial charge in [-0.3, -0.25) is 9.59 Å². The molecule has 13 heavy (non-hydrogen) atoms. The smallest absolute Gasteiger partial charge is 0.238 e. The van der Waals surface area contributed by atoms with E-state index in [1.54, 1.807) is 20.8 Å². The average molecular weight is 207 g/mol. The van der Waals surface area contributed by atoms with Crippen LogP contribution in [0.25, 0.3) is 0 Å². The summed E-state index contributed by atoms with van der Waals surface area (Å²) in [5.41, 5.74) is 4.37. The Balaban J connectivity index is 4.16. The minimum absolute atomic E-state index is 0.0996. The number of carbonyl (C=O) groups is 2. The largest absolute Gasteiger partial charge is 0.370 e. The highest BCUT2D eigenvalue weighted by atomic mass is 35.5. The molecule has 2 amide bonds. The molecule has 0 aromatic rings. The number of halogens is 1. The number of carbonyl (C=O) groups excluding carboxylic acids is 2. The number of primary amides is 1. The summed E-state index contributed by atoms with van der Waals surface area (Å²) in [4.78, 5) is 21.7. The molecule has 4 nitrogen and oxygen atoms in total. The van der Waals surface area contributed by atoms with E-state index in [9.17, 15) is 9.59 Å². The maximum absolute atomic E-state index is 11.1. The van der Waals surface area contributed by atoms with Crippen molar-refractivity contribution in [2.75, 3.05) is 0 Å². The van der Waals surface area contributed by atoms with Crippen molar-refractivity contribution in [1.29, 1.82) is 0 Å². The maximum Gasteiger partial charge on any atom is 0.238 e. The van der Waals surface area contributed by atoms with Gasteiger partial charge in [0, 0.05) is 12.0 Å². The SMILES string of the molecule is CC(Cl)C(=O)NC(C)(C)CC(N)=O. The Labute approximate surface area is 82.8 Å². The molecule has 5 heteroatoms. The fourth-order valence-electron chi connectivity index (χ4n) is 0.913. The highest BCUT2D eigenvalue weighted by molar-refractivity contribution is 6.30. The van der Waals surface area contributed by atoms with E-state index in [2.05, 4.69) is 5.32 Å².